The fraction of sp³-hybridized carbons (Fsp3) is 0.240. The van der Waals surface area contributed by atoms with Crippen LogP contribution < -0.4 is 4.74 Å². The van der Waals surface area contributed by atoms with Crippen molar-refractivity contribution in [1.29, 1.82) is 0 Å². The fourth-order valence-electron chi connectivity index (χ4n) is 3.80. The summed E-state index contributed by atoms with van der Waals surface area (Å²) in [6.07, 6.45) is -3.54. The third kappa shape index (κ3) is 5.41. The highest BCUT2D eigenvalue weighted by molar-refractivity contribution is 5.93. The van der Waals surface area contributed by atoms with Gasteiger partial charge in [0, 0.05) is 23.8 Å². The third-order valence-corrected chi connectivity index (χ3v) is 5.44. The van der Waals surface area contributed by atoms with Crippen molar-refractivity contribution in [3.8, 4) is 17.6 Å². The van der Waals surface area contributed by atoms with Crippen molar-refractivity contribution in [2.24, 2.45) is 0 Å². The number of halogens is 7. The van der Waals surface area contributed by atoms with Crippen molar-refractivity contribution in [2.75, 3.05) is 13.2 Å². The number of hydrogen-bond acceptors (Lipinski definition) is 3. The maximum Gasteiger partial charge on any atom is 0.458 e. The van der Waals surface area contributed by atoms with E-state index >= 15 is 0 Å². The summed E-state index contributed by atoms with van der Waals surface area (Å²) in [6, 6.07) is 5.85. The summed E-state index contributed by atoms with van der Waals surface area (Å²) in [5, 5.41) is -0.467. The van der Waals surface area contributed by atoms with E-state index in [1.165, 1.54) is 5.92 Å². The van der Waals surface area contributed by atoms with Crippen molar-refractivity contribution in [3.05, 3.63) is 76.4 Å². The summed E-state index contributed by atoms with van der Waals surface area (Å²) in [4.78, 5) is 12.4. The number of benzene rings is 3. The topological polar surface area (TPSA) is 35.5 Å². The lowest BCUT2D eigenvalue weighted by molar-refractivity contribution is -0.0696. The van der Waals surface area contributed by atoms with E-state index in [0.717, 1.165) is 42.7 Å². The minimum atomic E-state index is -4.95. The average molecular weight is 496 g/mol. The first-order chi connectivity index (χ1) is 16.5. The quantitative estimate of drug-likeness (QED) is 0.182. The molecule has 0 aliphatic carbocycles. The predicted molar refractivity (Wildman–Crippen MR) is 111 cm³/mol. The van der Waals surface area contributed by atoms with Gasteiger partial charge in [-0.3, -0.25) is 0 Å². The molecule has 0 radical (unpaired) electrons. The molecule has 3 aromatic carbocycles. The molecule has 1 unspecified atom stereocenters. The molecule has 3 aromatic rings. The van der Waals surface area contributed by atoms with Crippen molar-refractivity contribution in [1.82, 2.24) is 0 Å². The molecule has 0 bridgehead atoms. The number of hydrogen-bond donors (Lipinski definition) is 0. The highest BCUT2D eigenvalue weighted by atomic mass is 19.4. The molecule has 35 heavy (non-hydrogen) atoms. The minimum absolute atomic E-state index is 0.170. The van der Waals surface area contributed by atoms with Crippen LogP contribution in [-0.2, 0) is 4.74 Å². The lowest BCUT2D eigenvalue weighted by Gasteiger charge is -2.22. The molecule has 0 N–H and O–H groups in total. The van der Waals surface area contributed by atoms with Gasteiger partial charge in [0.25, 0.3) is 0 Å². The Morgan fingerprint density at radius 2 is 1.71 bits per heavy atom. The van der Waals surface area contributed by atoms with Gasteiger partial charge >= 0.3 is 12.1 Å². The van der Waals surface area contributed by atoms with E-state index in [4.69, 9.17) is 9.47 Å². The first kappa shape index (κ1) is 24.5. The molecule has 4 rings (SSSR count). The van der Waals surface area contributed by atoms with E-state index in [1.54, 1.807) is 0 Å². The Hall–Kier alpha value is -3.58. The zero-order valence-corrected chi connectivity index (χ0v) is 17.7. The van der Waals surface area contributed by atoms with Gasteiger partial charge < -0.3 is 9.47 Å². The van der Waals surface area contributed by atoms with E-state index in [2.05, 4.69) is 0 Å². The molecule has 182 valence electrons. The largest absolute Gasteiger partial charge is 0.458 e. The normalized spacial score (nSPS) is 16.0. The molecular formula is C25H15F7O3. The average Bonchev–Trinajstić information content (AvgIpc) is 2.78. The number of ether oxygens (including phenoxy) is 2. The number of esters is 1. The molecule has 0 spiro atoms. The predicted octanol–water partition coefficient (Wildman–Crippen LogP) is 6.42. The molecule has 0 amide bonds. The molecular weight excluding hydrogens is 481 g/mol. The molecule has 1 atom stereocenters. The molecule has 1 fully saturated rings. The van der Waals surface area contributed by atoms with Gasteiger partial charge in [-0.05, 0) is 60.2 Å². The van der Waals surface area contributed by atoms with Gasteiger partial charge in [-0.15, -0.1) is 0 Å². The maximum atomic E-state index is 14.6. The Morgan fingerprint density at radius 3 is 2.34 bits per heavy atom. The first-order valence-electron chi connectivity index (χ1n) is 10.3. The van der Waals surface area contributed by atoms with Gasteiger partial charge in [0.1, 0.15) is 34.6 Å². The van der Waals surface area contributed by atoms with Crippen LogP contribution in [0.1, 0.15) is 40.2 Å². The van der Waals surface area contributed by atoms with Crippen LogP contribution in [0.3, 0.4) is 0 Å². The van der Waals surface area contributed by atoms with Crippen LogP contribution in [0.25, 0.3) is 10.8 Å². The Morgan fingerprint density at radius 1 is 1.00 bits per heavy atom. The number of fused-ring (bicyclic) bond motifs is 1. The Balaban J connectivity index is 1.61. The highest BCUT2D eigenvalue weighted by Gasteiger charge is 2.26. The fourth-order valence-corrected chi connectivity index (χ4v) is 3.80. The van der Waals surface area contributed by atoms with Crippen molar-refractivity contribution in [2.45, 2.75) is 24.9 Å². The lowest BCUT2D eigenvalue weighted by Crippen LogP contribution is -2.18. The van der Waals surface area contributed by atoms with Crippen LogP contribution in [0.15, 0.2) is 36.4 Å². The molecule has 0 saturated carbocycles. The Labute approximate surface area is 194 Å². The second kappa shape index (κ2) is 9.58. The van der Waals surface area contributed by atoms with Gasteiger partial charge in [-0.25, -0.2) is 22.4 Å². The summed E-state index contributed by atoms with van der Waals surface area (Å²) in [5.74, 6) is -4.64. The van der Waals surface area contributed by atoms with Crippen LogP contribution >= 0.6 is 0 Å². The van der Waals surface area contributed by atoms with Gasteiger partial charge in [0.15, 0.2) is 0 Å². The van der Waals surface area contributed by atoms with E-state index in [1.807, 2.05) is 0 Å². The zero-order chi connectivity index (χ0) is 25.3. The van der Waals surface area contributed by atoms with Gasteiger partial charge in [0.05, 0.1) is 12.2 Å². The molecule has 3 nitrogen and oxygen atoms in total. The summed E-state index contributed by atoms with van der Waals surface area (Å²) < 4.78 is 105. The van der Waals surface area contributed by atoms with Crippen LogP contribution in [0.4, 0.5) is 30.7 Å². The van der Waals surface area contributed by atoms with Gasteiger partial charge in [0.2, 0.25) is 0 Å². The van der Waals surface area contributed by atoms with Crippen LogP contribution in [0.5, 0.6) is 5.75 Å². The Bertz CT molecular complexity index is 1340. The molecule has 1 aliphatic heterocycles. The van der Waals surface area contributed by atoms with Crippen LogP contribution in [0, 0.1) is 35.1 Å². The SMILES string of the molecule is O=C(Oc1ccc2c(F)c(C#CC(F)(F)F)c(F)cc2c1)c1c(F)cc(C2CCCOC2)cc1F. The lowest BCUT2D eigenvalue weighted by atomic mass is 9.92. The third-order valence-electron chi connectivity index (χ3n) is 5.44. The zero-order valence-electron chi connectivity index (χ0n) is 17.7. The Kier molecular flexibility index (Phi) is 6.72. The summed E-state index contributed by atoms with van der Waals surface area (Å²) in [6.45, 7) is 0.865. The van der Waals surface area contributed by atoms with Crippen LogP contribution in [-0.4, -0.2) is 25.4 Å². The summed E-state index contributed by atoms with van der Waals surface area (Å²) in [7, 11) is 0. The van der Waals surface area contributed by atoms with Crippen LogP contribution in [0.2, 0.25) is 0 Å². The summed E-state index contributed by atoms with van der Waals surface area (Å²) in [5.41, 5.74) is -1.68. The van der Waals surface area contributed by atoms with Gasteiger partial charge in [-0.2, -0.15) is 13.2 Å². The van der Waals surface area contributed by atoms with Crippen molar-refractivity contribution in [3.63, 3.8) is 0 Å². The molecule has 1 heterocycles. The standard InChI is InChI=1S/C25H15F7O3/c26-19-11-15-8-16(3-4-17(15)23(29)18(19)5-6-25(30,31)32)35-24(33)22-20(27)9-14(10-21(22)28)13-2-1-7-34-12-13/h3-4,8-11,13H,1-2,7,12H2. The first-order valence-corrected chi connectivity index (χ1v) is 10.3. The maximum absolute atomic E-state index is 14.6. The number of carbonyl (C=O) groups is 1. The second-order valence-electron chi connectivity index (χ2n) is 7.84. The molecule has 1 saturated heterocycles. The minimum Gasteiger partial charge on any atom is -0.423 e. The molecule has 1 aliphatic rings. The van der Waals surface area contributed by atoms with Crippen molar-refractivity contribution >= 4 is 16.7 Å². The monoisotopic (exact) mass is 496 g/mol. The number of alkyl halides is 3. The highest BCUT2D eigenvalue weighted by Crippen LogP contribution is 2.30. The summed E-state index contributed by atoms with van der Waals surface area (Å²) >= 11 is 0. The number of carbonyl (C=O) groups excluding carboxylic acids is 1. The smallest absolute Gasteiger partial charge is 0.423 e. The van der Waals surface area contributed by atoms with Gasteiger partial charge in [-0.1, -0.05) is 5.92 Å². The van der Waals surface area contributed by atoms with E-state index in [0.29, 0.717) is 31.3 Å². The molecule has 10 heteroatoms. The number of rotatable bonds is 3. The van der Waals surface area contributed by atoms with E-state index in [9.17, 15) is 35.5 Å². The van der Waals surface area contributed by atoms with E-state index < -0.39 is 46.5 Å². The van der Waals surface area contributed by atoms with Crippen molar-refractivity contribution < 1.29 is 45.0 Å². The second-order valence-corrected chi connectivity index (χ2v) is 7.84. The molecule has 0 aromatic heterocycles. The van der Waals surface area contributed by atoms with E-state index in [-0.39, 0.29) is 22.4 Å².